The summed E-state index contributed by atoms with van der Waals surface area (Å²) in [6.07, 6.45) is 0. The normalized spacial score (nSPS) is 10.5. The number of benzene rings is 6. The molecule has 16 heteroatoms. The Balaban J connectivity index is 1.13. The van der Waals surface area contributed by atoms with Gasteiger partial charge in [0.2, 0.25) is 0 Å². The van der Waals surface area contributed by atoms with Crippen LogP contribution in [0.5, 0.6) is 57.5 Å². The summed E-state index contributed by atoms with van der Waals surface area (Å²) in [6.45, 7) is 0. The topological polar surface area (TPSA) is 167 Å². The minimum atomic E-state index is -0.693. The van der Waals surface area contributed by atoms with E-state index in [9.17, 15) is 19.2 Å². The molecule has 0 aliphatic heterocycles. The van der Waals surface area contributed by atoms with E-state index in [0.29, 0.717) is 57.0 Å². The molecule has 16 nitrogen and oxygen atoms in total. The van der Waals surface area contributed by atoms with E-state index >= 15 is 0 Å². The molecule has 0 bridgehead atoms. The maximum absolute atomic E-state index is 13.7. The van der Waals surface area contributed by atoms with Gasteiger partial charge in [-0.3, -0.25) is 9.59 Å². The third-order valence-electron chi connectivity index (χ3n) is 10.5. The molecule has 66 heavy (non-hydrogen) atoms. The van der Waals surface area contributed by atoms with Gasteiger partial charge < -0.3 is 57.2 Å². The molecule has 2 amide bonds. The fraction of sp³-hybridized carbons (Fsp3) is 0.200. The summed E-state index contributed by atoms with van der Waals surface area (Å²) >= 11 is 0. The zero-order chi connectivity index (χ0) is 47.7. The van der Waals surface area contributed by atoms with Gasteiger partial charge in [-0.05, 0) is 83.9 Å². The smallest absolute Gasteiger partial charge is 0.347 e. The number of methoxy groups -OCH3 is 8. The number of carbonyl (C=O) groups is 4. The third-order valence-corrected chi connectivity index (χ3v) is 10.5. The summed E-state index contributed by atoms with van der Waals surface area (Å²) in [4.78, 5) is 56.5. The molecular weight excluding hydrogens is 853 g/mol. The first-order valence-corrected chi connectivity index (χ1v) is 20.0. The van der Waals surface area contributed by atoms with Crippen LogP contribution in [0.2, 0.25) is 0 Å². The highest BCUT2D eigenvalue weighted by Crippen LogP contribution is 2.39. The number of ether oxygens (including phenoxy) is 10. The van der Waals surface area contributed by atoms with Crippen molar-refractivity contribution in [2.24, 2.45) is 0 Å². The molecule has 0 heterocycles. The number of anilines is 2. The van der Waals surface area contributed by atoms with Crippen molar-refractivity contribution in [2.45, 2.75) is 0 Å². The highest BCUT2D eigenvalue weighted by Gasteiger charge is 2.24. The molecule has 0 radical (unpaired) electrons. The van der Waals surface area contributed by atoms with Crippen LogP contribution < -0.4 is 57.2 Å². The van der Waals surface area contributed by atoms with E-state index in [4.69, 9.17) is 47.4 Å². The number of esters is 2. The van der Waals surface area contributed by atoms with Crippen LogP contribution in [0.4, 0.5) is 11.4 Å². The second-order valence-corrected chi connectivity index (χ2v) is 14.1. The number of hydrogen-bond acceptors (Lipinski definition) is 14. The fourth-order valence-electron chi connectivity index (χ4n) is 6.91. The van der Waals surface area contributed by atoms with Crippen molar-refractivity contribution in [2.75, 3.05) is 80.8 Å². The van der Waals surface area contributed by atoms with Crippen molar-refractivity contribution in [3.63, 3.8) is 0 Å². The average Bonchev–Trinajstić information content (AvgIpc) is 3.36. The molecule has 0 unspecified atom stereocenters. The van der Waals surface area contributed by atoms with Gasteiger partial charge in [0.1, 0.15) is 45.6 Å². The first kappa shape index (κ1) is 47.1. The summed E-state index contributed by atoms with van der Waals surface area (Å²) in [7, 11) is 15.0. The van der Waals surface area contributed by atoms with Gasteiger partial charge in [-0.15, -0.1) is 0 Å². The maximum Gasteiger partial charge on any atom is 0.347 e. The van der Waals surface area contributed by atoms with E-state index in [2.05, 4.69) is 0 Å². The van der Waals surface area contributed by atoms with Gasteiger partial charge in [-0.1, -0.05) is 12.1 Å². The molecule has 0 aliphatic rings. The highest BCUT2D eigenvalue weighted by atomic mass is 16.5. The predicted molar refractivity (Wildman–Crippen MR) is 245 cm³/mol. The van der Waals surface area contributed by atoms with Crippen molar-refractivity contribution in [3.8, 4) is 68.6 Å². The minimum Gasteiger partial charge on any atom is -0.496 e. The SMILES string of the molecule is COc1cc(OC)c(C(=O)Oc2ccc(C(=O)N(C)c3ccc(-c4ccc(N(C)C(=O)c5ccc(OC(=O)c6cc(OC)c(OC)cc6OC)cc5)c(OC)c4)cc3OC)cc2)cc1OC. The monoisotopic (exact) mass is 900 g/mol. The van der Waals surface area contributed by atoms with Gasteiger partial charge in [0.15, 0.2) is 23.0 Å². The van der Waals surface area contributed by atoms with Crippen molar-refractivity contribution in [1.82, 2.24) is 0 Å². The number of amides is 2. The lowest BCUT2D eigenvalue weighted by atomic mass is 10.0. The zero-order valence-corrected chi connectivity index (χ0v) is 38.0. The molecule has 0 spiro atoms. The average molecular weight is 901 g/mol. The molecule has 0 atom stereocenters. The Morgan fingerprint density at radius 2 is 0.652 bits per heavy atom. The third kappa shape index (κ3) is 9.87. The van der Waals surface area contributed by atoms with Gasteiger partial charge in [0, 0.05) is 49.5 Å². The number of carbonyl (C=O) groups excluding carboxylic acids is 4. The summed E-state index contributed by atoms with van der Waals surface area (Å²) in [5.74, 6) is 1.09. The molecule has 0 saturated carbocycles. The Morgan fingerprint density at radius 3 is 0.955 bits per heavy atom. The van der Waals surface area contributed by atoms with Crippen LogP contribution in [0.1, 0.15) is 41.4 Å². The molecule has 0 aliphatic carbocycles. The lowest BCUT2D eigenvalue weighted by Crippen LogP contribution is -2.26. The van der Waals surface area contributed by atoms with Crippen molar-refractivity contribution >= 4 is 35.1 Å². The van der Waals surface area contributed by atoms with E-state index in [1.807, 2.05) is 12.1 Å². The second kappa shape index (κ2) is 20.9. The standard InChI is InChI=1S/C50H48N2O14/c1-51(47(53)29-11-17-33(18-12-29)65-49(55)35-25-43(61-7)45(63-9)27-39(35)57-3)37-21-15-31(23-41(37)59-5)32-16-22-38(42(24-32)60-6)52(2)48(54)30-13-19-34(20-14-30)66-50(56)36-26-44(62-8)46(64-10)28-40(36)58-4/h11-28H,1-10H3. The van der Waals surface area contributed by atoms with E-state index < -0.39 is 11.9 Å². The zero-order valence-electron chi connectivity index (χ0n) is 38.0. The number of rotatable bonds is 17. The van der Waals surface area contributed by atoms with Gasteiger partial charge in [-0.2, -0.15) is 0 Å². The van der Waals surface area contributed by atoms with E-state index in [1.54, 1.807) is 62.6 Å². The van der Waals surface area contributed by atoms with Gasteiger partial charge in [-0.25, -0.2) is 9.59 Å². The van der Waals surface area contributed by atoms with Gasteiger partial charge in [0.05, 0.1) is 68.3 Å². The Bertz CT molecular complexity index is 2560. The predicted octanol–water partition coefficient (Wildman–Crippen LogP) is 8.41. The van der Waals surface area contributed by atoms with Crippen LogP contribution >= 0.6 is 0 Å². The first-order chi connectivity index (χ1) is 31.8. The summed E-state index contributed by atoms with van der Waals surface area (Å²) in [6, 6.07) is 29.1. The van der Waals surface area contributed by atoms with Crippen molar-refractivity contribution in [1.29, 1.82) is 0 Å². The summed E-state index contributed by atoms with van der Waals surface area (Å²) in [5, 5.41) is 0. The van der Waals surface area contributed by atoms with Crippen LogP contribution in [0.3, 0.4) is 0 Å². The van der Waals surface area contributed by atoms with Crippen LogP contribution in [-0.4, -0.2) is 94.7 Å². The lowest BCUT2D eigenvalue weighted by Gasteiger charge is -2.22. The van der Waals surface area contributed by atoms with Crippen LogP contribution in [0.15, 0.2) is 109 Å². The summed E-state index contributed by atoms with van der Waals surface area (Å²) < 4.78 is 54.6. The Morgan fingerprint density at radius 1 is 0.348 bits per heavy atom. The first-order valence-electron chi connectivity index (χ1n) is 20.0. The molecule has 0 fully saturated rings. The Hall–Kier alpha value is -8.40. The Kier molecular flexibility index (Phi) is 14.9. The summed E-state index contributed by atoms with van der Waals surface area (Å²) in [5.41, 5.74) is 3.41. The lowest BCUT2D eigenvalue weighted by molar-refractivity contribution is 0.0720. The van der Waals surface area contributed by atoms with Crippen molar-refractivity contribution < 1.29 is 66.5 Å². The van der Waals surface area contributed by atoms with E-state index in [0.717, 1.165) is 11.1 Å². The van der Waals surface area contributed by atoms with E-state index in [-0.39, 0.29) is 45.9 Å². The quantitative estimate of drug-likeness (QED) is 0.0632. The Labute approximate surface area is 381 Å². The van der Waals surface area contributed by atoms with Gasteiger partial charge in [0.25, 0.3) is 11.8 Å². The van der Waals surface area contributed by atoms with E-state index in [1.165, 1.54) is 115 Å². The molecule has 0 aromatic heterocycles. The molecule has 6 aromatic rings. The molecule has 6 aromatic carbocycles. The molecule has 0 saturated heterocycles. The van der Waals surface area contributed by atoms with Crippen LogP contribution in [0, 0.1) is 0 Å². The molecule has 6 rings (SSSR count). The van der Waals surface area contributed by atoms with Crippen molar-refractivity contribution in [3.05, 3.63) is 131 Å². The molecule has 0 N–H and O–H groups in total. The second-order valence-electron chi connectivity index (χ2n) is 14.1. The fourth-order valence-corrected chi connectivity index (χ4v) is 6.91. The molecule has 342 valence electrons. The van der Waals surface area contributed by atoms with Crippen LogP contribution in [-0.2, 0) is 0 Å². The number of hydrogen-bond donors (Lipinski definition) is 0. The molecular formula is C50H48N2O14. The maximum atomic E-state index is 13.7. The highest BCUT2D eigenvalue weighted by molar-refractivity contribution is 6.08. The van der Waals surface area contributed by atoms with Gasteiger partial charge >= 0.3 is 11.9 Å². The number of nitrogens with zero attached hydrogens (tertiary/aromatic N) is 2. The van der Waals surface area contributed by atoms with Crippen LogP contribution in [0.25, 0.3) is 11.1 Å². The largest absolute Gasteiger partial charge is 0.496 e. The minimum absolute atomic E-state index is 0.125.